The lowest BCUT2D eigenvalue weighted by molar-refractivity contribution is -0.133. The third-order valence-corrected chi connectivity index (χ3v) is 11.0. The normalized spacial score (nSPS) is 15.9. The number of hydrogen-bond acceptors (Lipinski definition) is 6. The topological polar surface area (TPSA) is 111 Å². The number of piperidine rings is 1. The number of nitrogens with zero attached hydrogens (tertiary/aromatic N) is 3. The Bertz CT molecular complexity index is 1400. The summed E-state index contributed by atoms with van der Waals surface area (Å²) >= 11 is 12.6. The molecular formula is C31H41Cl2N5O4S. The molecule has 0 unspecified atom stereocenters. The van der Waals surface area contributed by atoms with E-state index in [-0.39, 0.29) is 28.9 Å². The van der Waals surface area contributed by atoms with E-state index >= 15 is 0 Å². The third-order valence-electron chi connectivity index (χ3n) is 8.07. The van der Waals surface area contributed by atoms with Crippen LogP contribution in [0.2, 0.25) is 10.0 Å². The fraction of sp³-hybridized carbons (Fsp3) is 0.516. The monoisotopic (exact) mass is 649 g/mol. The Morgan fingerprint density at radius 3 is 2.49 bits per heavy atom. The number of nitrogens with one attached hydrogen (secondary N) is 2. The van der Waals surface area contributed by atoms with Crippen LogP contribution in [0.4, 0.5) is 0 Å². The van der Waals surface area contributed by atoms with Gasteiger partial charge in [-0.15, -0.1) is 0 Å². The first-order valence-electron chi connectivity index (χ1n) is 14.9. The zero-order valence-corrected chi connectivity index (χ0v) is 27.0. The zero-order valence-electron chi connectivity index (χ0n) is 24.7. The van der Waals surface area contributed by atoms with E-state index in [2.05, 4.69) is 15.6 Å². The molecule has 0 saturated carbocycles. The lowest BCUT2D eigenvalue weighted by atomic mass is 9.97. The van der Waals surface area contributed by atoms with E-state index in [4.69, 9.17) is 23.2 Å². The van der Waals surface area contributed by atoms with Gasteiger partial charge < -0.3 is 15.5 Å². The van der Waals surface area contributed by atoms with Crippen LogP contribution in [0.25, 0.3) is 0 Å². The summed E-state index contributed by atoms with van der Waals surface area (Å²) in [6.45, 7) is 4.94. The molecule has 2 aromatic rings. The van der Waals surface area contributed by atoms with Crippen LogP contribution >= 0.6 is 23.2 Å². The first-order chi connectivity index (χ1) is 20.6. The maximum atomic E-state index is 13.8. The molecule has 43 heavy (non-hydrogen) atoms. The molecule has 2 N–H and O–H groups in total. The largest absolute Gasteiger partial charge is 0.346 e. The van der Waals surface area contributed by atoms with Gasteiger partial charge in [-0.05, 0) is 81.3 Å². The molecule has 0 atom stereocenters. The van der Waals surface area contributed by atoms with Gasteiger partial charge in [0.05, 0.1) is 18.1 Å². The molecule has 0 aromatic heterocycles. The Hall–Kier alpha value is -2.50. The number of aliphatic imine (C=N–C) groups is 1. The van der Waals surface area contributed by atoms with Gasteiger partial charge in [0.2, 0.25) is 21.8 Å². The molecule has 0 radical (unpaired) electrons. The smallest absolute Gasteiger partial charge is 0.245 e. The van der Waals surface area contributed by atoms with Gasteiger partial charge in [0.25, 0.3) is 0 Å². The van der Waals surface area contributed by atoms with Crippen molar-refractivity contribution in [2.45, 2.75) is 50.3 Å². The molecule has 0 bridgehead atoms. The second-order valence-electron chi connectivity index (χ2n) is 11.2. The standard InChI is InChI=1S/C31H41Cl2N5O4S/c1-23-27(32)9-10-28(31(23)33)43(41,42)38(19-13-24-6-3-2-4-7-24)22-29(39)36-20-30(40)37(18-14-26-8-5-15-35-26)21-25-11-16-34-17-12-25/h2-4,6-7,9-10,25,34H,5,8,11-22H2,1H3,(H,36,39). The van der Waals surface area contributed by atoms with Crippen molar-refractivity contribution < 1.29 is 18.0 Å². The molecule has 0 spiro atoms. The Morgan fingerprint density at radius 2 is 1.79 bits per heavy atom. The summed E-state index contributed by atoms with van der Waals surface area (Å²) in [5.74, 6) is -0.341. The van der Waals surface area contributed by atoms with E-state index in [1.807, 2.05) is 35.2 Å². The second kappa shape index (κ2) is 16.0. The lowest BCUT2D eigenvalue weighted by Crippen LogP contribution is -2.47. The highest BCUT2D eigenvalue weighted by molar-refractivity contribution is 7.89. The van der Waals surface area contributed by atoms with Crippen molar-refractivity contribution in [2.24, 2.45) is 10.9 Å². The van der Waals surface area contributed by atoms with Crippen molar-refractivity contribution in [2.75, 3.05) is 52.4 Å². The number of benzene rings is 2. The summed E-state index contributed by atoms with van der Waals surface area (Å²) in [5, 5.41) is 6.41. The molecule has 2 aliphatic heterocycles. The quantitative estimate of drug-likeness (QED) is 0.320. The van der Waals surface area contributed by atoms with Crippen LogP contribution in [0.3, 0.4) is 0 Å². The highest BCUT2D eigenvalue weighted by Gasteiger charge is 2.30. The molecule has 0 aliphatic carbocycles. The summed E-state index contributed by atoms with van der Waals surface area (Å²) in [5.41, 5.74) is 2.51. The minimum absolute atomic E-state index is 0.0215. The highest BCUT2D eigenvalue weighted by atomic mass is 35.5. The Kier molecular flexibility index (Phi) is 12.4. The van der Waals surface area contributed by atoms with E-state index < -0.39 is 22.5 Å². The van der Waals surface area contributed by atoms with Crippen LogP contribution < -0.4 is 10.6 Å². The minimum Gasteiger partial charge on any atom is -0.346 e. The minimum atomic E-state index is -4.16. The Balaban J connectivity index is 1.44. The van der Waals surface area contributed by atoms with Gasteiger partial charge in [0, 0.05) is 43.3 Å². The predicted molar refractivity (Wildman–Crippen MR) is 171 cm³/mol. The number of rotatable bonds is 14. The van der Waals surface area contributed by atoms with E-state index in [1.54, 1.807) is 6.92 Å². The molecule has 1 fully saturated rings. The van der Waals surface area contributed by atoms with Gasteiger partial charge in [0.15, 0.2) is 0 Å². The van der Waals surface area contributed by atoms with Gasteiger partial charge in [-0.1, -0.05) is 53.5 Å². The third kappa shape index (κ3) is 9.49. The van der Waals surface area contributed by atoms with E-state index in [0.717, 1.165) is 67.3 Å². The van der Waals surface area contributed by atoms with Crippen LogP contribution in [0.5, 0.6) is 0 Å². The van der Waals surface area contributed by atoms with Crippen molar-refractivity contribution in [1.82, 2.24) is 19.8 Å². The molecule has 234 valence electrons. The number of carbonyl (C=O) groups excluding carboxylic acids is 2. The number of sulfonamides is 1. The molecule has 2 heterocycles. The van der Waals surface area contributed by atoms with Crippen molar-refractivity contribution in [3.05, 3.63) is 63.6 Å². The fourth-order valence-corrected chi connectivity index (χ4v) is 7.60. The SMILES string of the molecule is Cc1c(Cl)ccc(S(=O)(=O)N(CCc2ccccc2)CC(=O)NCC(=O)N(CCC2=NCCC2)CC2CCNCC2)c1Cl. The summed E-state index contributed by atoms with van der Waals surface area (Å²) in [6, 6.07) is 12.3. The number of hydrogen-bond donors (Lipinski definition) is 2. The molecule has 2 amide bonds. The molecule has 2 aliphatic rings. The summed E-state index contributed by atoms with van der Waals surface area (Å²) in [7, 11) is -4.16. The zero-order chi connectivity index (χ0) is 30.8. The van der Waals surface area contributed by atoms with Crippen LogP contribution in [-0.4, -0.2) is 87.5 Å². The molecule has 1 saturated heterocycles. The molecule has 4 rings (SSSR count). The predicted octanol–water partition coefficient (Wildman–Crippen LogP) is 4.10. The Labute approximate surface area is 265 Å². The van der Waals surface area contributed by atoms with Crippen molar-refractivity contribution in [1.29, 1.82) is 0 Å². The highest BCUT2D eigenvalue weighted by Crippen LogP contribution is 2.32. The lowest BCUT2D eigenvalue weighted by Gasteiger charge is -2.30. The molecule has 9 nitrogen and oxygen atoms in total. The first kappa shape index (κ1) is 33.4. The molecule has 12 heteroatoms. The number of carbonyl (C=O) groups is 2. The average molecular weight is 651 g/mol. The van der Waals surface area contributed by atoms with Crippen LogP contribution in [0, 0.1) is 12.8 Å². The van der Waals surface area contributed by atoms with Crippen LogP contribution in [0.15, 0.2) is 52.4 Å². The van der Waals surface area contributed by atoms with Gasteiger partial charge >= 0.3 is 0 Å². The Morgan fingerprint density at radius 1 is 1.05 bits per heavy atom. The fourth-order valence-electron chi connectivity index (χ4n) is 5.42. The van der Waals surface area contributed by atoms with E-state index in [1.165, 1.54) is 12.1 Å². The van der Waals surface area contributed by atoms with Gasteiger partial charge in [-0.2, -0.15) is 4.31 Å². The van der Waals surface area contributed by atoms with Crippen molar-refractivity contribution >= 4 is 50.8 Å². The number of amides is 2. The van der Waals surface area contributed by atoms with Crippen LogP contribution in [-0.2, 0) is 26.0 Å². The summed E-state index contributed by atoms with van der Waals surface area (Å²) in [6.07, 6.45) is 5.15. The number of halogens is 2. The maximum absolute atomic E-state index is 13.8. The summed E-state index contributed by atoms with van der Waals surface area (Å²) in [4.78, 5) is 32.8. The van der Waals surface area contributed by atoms with Crippen molar-refractivity contribution in [3.8, 4) is 0 Å². The van der Waals surface area contributed by atoms with E-state index in [0.29, 0.717) is 36.0 Å². The summed E-state index contributed by atoms with van der Waals surface area (Å²) < 4.78 is 28.7. The van der Waals surface area contributed by atoms with Crippen molar-refractivity contribution in [3.63, 3.8) is 0 Å². The van der Waals surface area contributed by atoms with Gasteiger partial charge in [-0.25, -0.2) is 8.42 Å². The second-order valence-corrected chi connectivity index (χ2v) is 13.9. The molecular weight excluding hydrogens is 609 g/mol. The van der Waals surface area contributed by atoms with E-state index in [9.17, 15) is 18.0 Å². The van der Waals surface area contributed by atoms with Gasteiger partial charge in [0.1, 0.15) is 4.90 Å². The van der Waals surface area contributed by atoms with Gasteiger partial charge in [-0.3, -0.25) is 14.6 Å². The average Bonchev–Trinajstić information content (AvgIpc) is 3.53. The molecule has 2 aromatic carbocycles. The maximum Gasteiger partial charge on any atom is 0.245 e. The van der Waals surface area contributed by atoms with Crippen LogP contribution in [0.1, 0.15) is 43.2 Å². The first-order valence-corrected chi connectivity index (χ1v) is 17.1.